The van der Waals surface area contributed by atoms with Crippen molar-refractivity contribution in [1.82, 2.24) is 0 Å². The molecule has 112 valence electrons. The molecule has 2 nitrogen and oxygen atoms in total. The minimum Gasteiger partial charge on any atom is -0.496 e. The van der Waals surface area contributed by atoms with E-state index in [1.807, 2.05) is 31.2 Å². The Morgan fingerprint density at radius 2 is 1.86 bits per heavy atom. The monoisotopic (exact) mass is 367 g/mol. The smallest absolute Gasteiger partial charge is 0.126 e. The molecule has 0 heterocycles. The van der Waals surface area contributed by atoms with Crippen molar-refractivity contribution in [3.05, 3.63) is 62.1 Å². The van der Waals surface area contributed by atoms with Gasteiger partial charge in [0.1, 0.15) is 5.75 Å². The third-order valence-corrected chi connectivity index (χ3v) is 4.73. The molecule has 2 aromatic carbocycles. The van der Waals surface area contributed by atoms with Crippen LogP contribution in [-0.2, 0) is 6.42 Å². The van der Waals surface area contributed by atoms with Crippen molar-refractivity contribution in [1.29, 1.82) is 0 Å². The summed E-state index contributed by atoms with van der Waals surface area (Å²) < 4.78 is 6.63. The highest BCUT2D eigenvalue weighted by atomic mass is 79.9. The first kappa shape index (κ1) is 16.3. The van der Waals surface area contributed by atoms with E-state index >= 15 is 0 Å². The topological polar surface area (TPSA) is 35.2 Å². The molecule has 0 aromatic heterocycles. The van der Waals surface area contributed by atoms with E-state index in [4.69, 9.17) is 22.1 Å². The largest absolute Gasteiger partial charge is 0.496 e. The second-order valence-corrected chi connectivity index (χ2v) is 6.48. The molecule has 0 bridgehead atoms. The van der Waals surface area contributed by atoms with Crippen LogP contribution in [-0.4, -0.2) is 7.11 Å². The number of hydrogen-bond donors (Lipinski definition) is 1. The number of halogens is 2. The Kier molecular flexibility index (Phi) is 5.31. The van der Waals surface area contributed by atoms with Gasteiger partial charge in [0, 0.05) is 21.1 Å². The van der Waals surface area contributed by atoms with E-state index in [0.717, 1.165) is 43.9 Å². The molecular weight excluding hydrogens is 350 g/mol. The highest BCUT2D eigenvalue weighted by Crippen LogP contribution is 2.36. The SMILES string of the molecule is COc1c(C)cc(Br)c(C)c1C(N)Cc1ccc(Cl)cc1. The minimum absolute atomic E-state index is 0.127. The van der Waals surface area contributed by atoms with Crippen LogP contribution in [0, 0.1) is 13.8 Å². The van der Waals surface area contributed by atoms with Crippen LogP contribution in [0.2, 0.25) is 5.02 Å². The molecular formula is C17H19BrClNO. The van der Waals surface area contributed by atoms with Crippen LogP contribution in [0.5, 0.6) is 5.75 Å². The van der Waals surface area contributed by atoms with E-state index in [1.54, 1.807) is 7.11 Å². The minimum atomic E-state index is -0.127. The first-order valence-corrected chi connectivity index (χ1v) is 7.94. The number of ether oxygens (including phenoxy) is 1. The van der Waals surface area contributed by atoms with Gasteiger partial charge >= 0.3 is 0 Å². The fourth-order valence-corrected chi connectivity index (χ4v) is 3.25. The molecule has 0 aliphatic rings. The Morgan fingerprint density at radius 1 is 1.24 bits per heavy atom. The average molecular weight is 369 g/mol. The zero-order valence-electron chi connectivity index (χ0n) is 12.4. The Morgan fingerprint density at radius 3 is 2.43 bits per heavy atom. The van der Waals surface area contributed by atoms with Gasteiger partial charge in [0.2, 0.25) is 0 Å². The third-order valence-electron chi connectivity index (χ3n) is 3.65. The van der Waals surface area contributed by atoms with E-state index in [1.165, 1.54) is 0 Å². The van der Waals surface area contributed by atoms with Crippen molar-refractivity contribution in [2.75, 3.05) is 7.11 Å². The van der Waals surface area contributed by atoms with Gasteiger partial charge in [-0.2, -0.15) is 0 Å². The van der Waals surface area contributed by atoms with Gasteiger partial charge < -0.3 is 10.5 Å². The van der Waals surface area contributed by atoms with Crippen LogP contribution < -0.4 is 10.5 Å². The first-order valence-electron chi connectivity index (χ1n) is 6.77. The van der Waals surface area contributed by atoms with Gasteiger partial charge in [-0.25, -0.2) is 0 Å². The van der Waals surface area contributed by atoms with Crippen molar-refractivity contribution in [3.63, 3.8) is 0 Å². The molecule has 2 rings (SSSR count). The van der Waals surface area contributed by atoms with E-state index in [2.05, 4.69) is 28.9 Å². The van der Waals surface area contributed by atoms with Crippen molar-refractivity contribution in [3.8, 4) is 5.75 Å². The van der Waals surface area contributed by atoms with Gasteiger partial charge in [0.25, 0.3) is 0 Å². The molecule has 0 amide bonds. The summed E-state index contributed by atoms with van der Waals surface area (Å²) in [4.78, 5) is 0. The molecule has 0 aliphatic heterocycles. The predicted octanol–water partition coefficient (Wildman–Crippen LogP) is 4.97. The zero-order valence-corrected chi connectivity index (χ0v) is 14.8. The first-order chi connectivity index (χ1) is 9.93. The van der Waals surface area contributed by atoms with E-state index in [-0.39, 0.29) is 6.04 Å². The highest BCUT2D eigenvalue weighted by molar-refractivity contribution is 9.10. The van der Waals surface area contributed by atoms with Crippen molar-refractivity contribution < 1.29 is 4.74 Å². The summed E-state index contributed by atoms with van der Waals surface area (Å²) in [5.74, 6) is 0.872. The zero-order chi connectivity index (χ0) is 15.6. The van der Waals surface area contributed by atoms with Crippen molar-refractivity contribution in [2.45, 2.75) is 26.3 Å². The molecule has 1 unspecified atom stereocenters. The van der Waals surface area contributed by atoms with Crippen LogP contribution >= 0.6 is 27.5 Å². The van der Waals surface area contributed by atoms with Crippen molar-refractivity contribution in [2.24, 2.45) is 5.73 Å². The van der Waals surface area contributed by atoms with Crippen LogP contribution in [0.3, 0.4) is 0 Å². The molecule has 0 saturated heterocycles. The lowest BCUT2D eigenvalue weighted by atomic mass is 9.93. The molecule has 0 saturated carbocycles. The number of nitrogens with two attached hydrogens (primary N) is 1. The maximum Gasteiger partial charge on any atom is 0.126 e. The fourth-order valence-electron chi connectivity index (χ4n) is 2.57. The van der Waals surface area contributed by atoms with Crippen LogP contribution in [0.4, 0.5) is 0 Å². The molecule has 0 spiro atoms. The quantitative estimate of drug-likeness (QED) is 0.827. The van der Waals surface area contributed by atoms with Crippen LogP contribution in [0.1, 0.15) is 28.3 Å². The number of methoxy groups -OCH3 is 1. The van der Waals surface area contributed by atoms with E-state index in [0.29, 0.717) is 0 Å². The normalized spacial score (nSPS) is 12.3. The van der Waals surface area contributed by atoms with Crippen LogP contribution in [0.25, 0.3) is 0 Å². The van der Waals surface area contributed by atoms with Gasteiger partial charge in [-0.3, -0.25) is 0 Å². The lowest BCUT2D eigenvalue weighted by Gasteiger charge is -2.21. The Labute approximate surface area is 139 Å². The summed E-state index contributed by atoms with van der Waals surface area (Å²) in [5.41, 5.74) is 10.9. The molecule has 2 aromatic rings. The molecule has 21 heavy (non-hydrogen) atoms. The maximum atomic E-state index is 6.45. The molecule has 4 heteroatoms. The predicted molar refractivity (Wildman–Crippen MR) is 92.3 cm³/mol. The maximum absolute atomic E-state index is 6.45. The second-order valence-electron chi connectivity index (χ2n) is 5.18. The average Bonchev–Trinajstić information content (AvgIpc) is 2.44. The fraction of sp³-hybridized carbons (Fsp3) is 0.294. The van der Waals surface area contributed by atoms with Gasteiger partial charge in [-0.05, 0) is 55.2 Å². The Bertz CT molecular complexity index is 640. The lowest BCUT2D eigenvalue weighted by Crippen LogP contribution is -2.16. The highest BCUT2D eigenvalue weighted by Gasteiger charge is 2.19. The van der Waals surface area contributed by atoms with E-state index < -0.39 is 0 Å². The molecule has 1 atom stereocenters. The summed E-state index contributed by atoms with van der Waals surface area (Å²) in [6, 6.07) is 9.73. The number of aryl methyl sites for hydroxylation is 1. The number of benzene rings is 2. The van der Waals surface area contributed by atoms with Crippen LogP contribution in [0.15, 0.2) is 34.8 Å². The summed E-state index contributed by atoms with van der Waals surface area (Å²) in [6.07, 6.45) is 0.740. The molecule has 2 N–H and O–H groups in total. The summed E-state index contributed by atoms with van der Waals surface area (Å²) in [7, 11) is 1.69. The van der Waals surface area contributed by atoms with Gasteiger partial charge in [-0.15, -0.1) is 0 Å². The van der Waals surface area contributed by atoms with Gasteiger partial charge in [0.05, 0.1) is 7.11 Å². The number of hydrogen-bond acceptors (Lipinski definition) is 2. The third kappa shape index (κ3) is 3.60. The van der Waals surface area contributed by atoms with Gasteiger partial charge in [0.15, 0.2) is 0 Å². The molecule has 0 fully saturated rings. The van der Waals surface area contributed by atoms with Gasteiger partial charge in [-0.1, -0.05) is 39.7 Å². The summed E-state index contributed by atoms with van der Waals surface area (Å²) in [6.45, 7) is 4.09. The van der Waals surface area contributed by atoms with E-state index in [9.17, 15) is 0 Å². The lowest BCUT2D eigenvalue weighted by molar-refractivity contribution is 0.401. The standard InChI is InChI=1S/C17H19BrClNO/c1-10-8-14(18)11(2)16(17(10)21-3)15(20)9-12-4-6-13(19)7-5-12/h4-8,15H,9,20H2,1-3H3. The second kappa shape index (κ2) is 6.82. The Hall–Kier alpha value is -1.03. The molecule has 0 aliphatic carbocycles. The van der Waals surface area contributed by atoms with Crippen molar-refractivity contribution >= 4 is 27.5 Å². The summed E-state index contributed by atoms with van der Waals surface area (Å²) >= 11 is 9.52. The number of rotatable bonds is 4. The Balaban J connectivity index is 2.38. The summed E-state index contributed by atoms with van der Waals surface area (Å²) in [5, 5.41) is 0.736. The molecule has 0 radical (unpaired) electrons.